The normalized spacial score (nSPS) is 13.9. The van der Waals surface area contributed by atoms with Crippen LogP contribution < -0.4 is 19.3 Å². The Balaban J connectivity index is 1.52. The number of benzene rings is 3. The Bertz CT molecular complexity index is 1250. The van der Waals surface area contributed by atoms with Crippen molar-refractivity contribution in [3.63, 3.8) is 0 Å². The van der Waals surface area contributed by atoms with E-state index < -0.39 is 10.0 Å². The van der Waals surface area contributed by atoms with Gasteiger partial charge in [0.2, 0.25) is 0 Å². The van der Waals surface area contributed by atoms with Crippen molar-refractivity contribution >= 4 is 33.0 Å². The van der Waals surface area contributed by atoms with Gasteiger partial charge in [0.25, 0.3) is 15.9 Å². The number of hydrogen-bond donors (Lipinski definition) is 1. The lowest BCUT2D eigenvalue weighted by Gasteiger charge is -2.29. The van der Waals surface area contributed by atoms with Gasteiger partial charge in [-0.2, -0.15) is 0 Å². The topological polar surface area (TPSA) is 78.9 Å². The van der Waals surface area contributed by atoms with Crippen molar-refractivity contribution in [2.75, 3.05) is 41.8 Å². The summed E-state index contributed by atoms with van der Waals surface area (Å²) in [6.45, 7) is 2.03. The van der Waals surface area contributed by atoms with Gasteiger partial charge in [-0.25, -0.2) is 8.42 Å². The summed E-state index contributed by atoms with van der Waals surface area (Å²) in [4.78, 5) is 15.3. The second-order valence-electron chi connectivity index (χ2n) is 8.25. The summed E-state index contributed by atoms with van der Waals surface area (Å²) in [6, 6.07) is 20.6. The molecule has 0 radical (unpaired) electrons. The minimum Gasteiger partial charge on any atom is -0.497 e. The van der Waals surface area contributed by atoms with E-state index >= 15 is 0 Å². The number of amides is 1. The third-order valence-electron chi connectivity index (χ3n) is 6.02. The van der Waals surface area contributed by atoms with Crippen molar-refractivity contribution in [2.45, 2.75) is 24.2 Å². The number of methoxy groups -OCH3 is 1. The maximum absolute atomic E-state index is 13.2. The zero-order valence-corrected chi connectivity index (χ0v) is 20.2. The standard InChI is InChI=1S/C26H29N3O4S/c1-28(22-12-14-24(33-2)15-13-22)34(31,32)25-11-6-8-20(18-25)26(30)27-21-9-7-10-23(19-21)29-16-4-3-5-17-29/h6-15,18-19H,3-5,16-17H2,1-2H3,(H,27,30). The van der Waals surface area contributed by atoms with E-state index in [1.165, 1.54) is 42.7 Å². The van der Waals surface area contributed by atoms with Gasteiger partial charge in [-0.15, -0.1) is 0 Å². The molecule has 8 heteroatoms. The molecular formula is C26H29N3O4S. The number of carbonyl (C=O) groups is 1. The van der Waals surface area contributed by atoms with Crippen LogP contribution in [0.25, 0.3) is 0 Å². The molecule has 0 atom stereocenters. The van der Waals surface area contributed by atoms with Gasteiger partial charge in [0, 0.05) is 37.1 Å². The Morgan fingerprint density at radius 3 is 2.35 bits per heavy atom. The average molecular weight is 480 g/mol. The lowest BCUT2D eigenvalue weighted by Crippen LogP contribution is -2.29. The summed E-state index contributed by atoms with van der Waals surface area (Å²) in [7, 11) is -0.822. The van der Waals surface area contributed by atoms with Crippen molar-refractivity contribution < 1.29 is 17.9 Å². The van der Waals surface area contributed by atoms with Crippen LogP contribution in [0.2, 0.25) is 0 Å². The average Bonchev–Trinajstić information content (AvgIpc) is 2.89. The smallest absolute Gasteiger partial charge is 0.264 e. The van der Waals surface area contributed by atoms with Crippen LogP contribution in [0, 0.1) is 0 Å². The van der Waals surface area contributed by atoms with Crippen LogP contribution >= 0.6 is 0 Å². The highest BCUT2D eigenvalue weighted by Crippen LogP contribution is 2.26. The number of ether oxygens (including phenoxy) is 1. The summed E-state index contributed by atoms with van der Waals surface area (Å²) >= 11 is 0. The molecule has 1 aliphatic heterocycles. The lowest BCUT2D eigenvalue weighted by molar-refractivity contribution is 0.102. The van der Waals surface area contributed by atoms with E-state index in [9.17, 15) is 13.2 Å². The molecule has 4 rings (SSSR count). The molecule has 1 amide bonds. The van der Waals surface area contributed by atoms with Crippen molar-refractivity contribution in [1.29, 1.82) is 0 Å². The number of anilines is 3. The molecule has 0 saturated carbocycles. The van der Waals surface area contributed by atoms with E-state index in [-0.39, 0.29) is 16.4 Å². The maximum atomic E-state index is 13.2. The van der Waals surface area contributed by atoms with Gasteiger partial charge < -0.3 is 15.0 Å². The zero-order chi connectivity index (χ0) is 24.1. The van der Waals surface area contributed by atoms with E-state index in [0.717, 1.165) is 18.8 Å². The van der Waals surface area contributed by atoms with Crippen molar-refractivity contribution in [1.82, 2.24) is 0 Å². The fourth-order valence-electron chi connectivity index (χ4n) is 4.02. The lowest BCUT2D eigenvalue weighted by atomic mass is 10.1. The van der Waals surface area contributed by atoms with Crippen molar-refractivity contribution in [3.05, 3.63) is 78.4 Å². The molecule has 0 aromatic heterocycles. The molecule has 178 valence electrons. The number of carbonyl (C=O) groups excluding carboxylic acids is 1. The largest absolute Gasteiger partial charge is 0.497 e. The van der Waals surface area contributed by atoms with Gasteiger partial charge in [0.05, 0.1) is 17.7 Å². The Morgan fingerprint density at radius 2 is 1.65 bits per heavy atom. The molecule has 1 saturated heterocycles. The molecule has 1 aliphatic rings. The highest BCUT2D eigenvalue weighted by Gasteiger charge is 2.23. The second-order valence-corrected chi connectivity index (χ2v) is 10.2. The van der Waals surface area contributed by atoms with E-state index in [4.69, 9.17) is 4.74 Å². The molecule has 3 aromatic rings. The summed E-state index contributed by atoms with van der Waals surface area (Å²) in [5, 5.41) is 2.90. The number of nitrogens with one attached hydrogen (secondary N) is 1. The zero-order valence-electron chi connectivity index (χ0n) is 19.4. The van der Waals surface area contributed by atoms with Crippen LogP contribution in [0.1, 0.15) is 29.6 Å². The molecule has 1 heterocycles. The van der Waals surface area contributed by atoms with Crippen molar-refractivity contribution in [2.24, 2.45) is 0 Å². The minimum atomic E-state index is -3.86. The highest BCUT2D eigenvalue weighted by atomic mass is 32.2. The Hall–Kier alpha value is -3.52. The van der Waals surface area contributed by atoms with Crippen LogP contribution in [0.5, 0.6) is 5.75 Å². The Kier molecular flexibility index (Phi) is 7.07. The Morgan fingerprint density at radius 1 is 0.941 bits per heavy atom. The molecule has 1 fully saturated rings. The van der Waals surface area contributed by atoms with Crippen molar-refractivity contribution in [3.8, 4) is 5.75 Å². The van der Waals surface area contributed by atoms with Crippen LogP contribution in [-0.4, -0.2) is 41.6 Å². The van der Waals surface area contributed by atoms with E-state index in [0.29, 0.717) is 17.1 Å². The number of rotatable bonds is 7. The SMILES string of the molecule is COc1ccc(N(C)S(=O)(=O)c2cccc(C(=O)Nc3cccc(N4CCCCC4)c3)c2)cc1. The monoisotopic (exact) mass is 479 g/mol. The molecule has 0 spiro atoms. The maximum Gasteiger partial charge on any atom is 0.264 e. The molecule has 1 N–H and O–H groups in total. The molecular weight excluding hydrogens is 450 g/mol. The van der Waals surface area contributed by atoms with Crippen LogP contribution in [0.4, 0.5) is 17.1 Å². The number of piperidine rings is 1. The summed E-state index contributed by atoms with van der Waals surface area (Å²) < 4.78 is 32.7. The van der Waals surface area contributed by atoms with Gasteiger partial charge in [0.15, 0.2) is 0 Å². The molecule has 34 heavy (non-hydrogen) atoms. The number of nitrogens with zero attached hydrogens (tertiary/aromatic N) is 2. The first-order valence-corrected chi connectivity index (χ1v) is 12.7. The van der Waals surface area contributed by atoms with Gasteiger partial charge in [-0.1, -0.05) is 12.1 Å². The predicted octanol–water partition coefficient (Wildman–Crippen LogP) is 4.76. The Labute approximate surface area is 201 Å². The number of hydrogen-bond acceptors (Lipinski definition) is 5. The molecule has 0 unspecified atom stereocenters. The first-order chi connectivity index (χ1) is 16.4. The van der Waals surface area contributed by atoms with Crippen LogP contribution in [0.3, 0.4) is 0 Å². The predicted molar refractivity (Wildman–Crippen MR) is 135 cm³/mol. The first kappa shape index (κ1) is 23.6. The van der Waals surface area contributed by atoms with E-state index in [1.54, 1.807) is 43.5 Å². The van der Waals surface area contributed by atoms with Gasteiger partial charge >= 0.3 is 0 Å². The number of sulfonamides is 1. The summed E-state index contributed by atoms with van der Waals surface area (Å²) in [5.74, 6) is 0.275. The van der Waals surface area contributed by atoms with Crippen LogP contribution in [-0.2, 0) is 10.0 Å². The quantitative estimate of drug-likeness (QED) is 0.528. The highest BCUT2D eigenvalue weighted by molar-refractivity contribution is 7.92. The molecule has 0 aliphatic carbocycles. The van der Waals surface area contributed by atoms with Gasteiger partial charge in [-0.05, 0) is 79.9 Å². The van der Waals surface area contributed by atoms with E-state index in [2.05, 4.69) is 10.2 Å². The molecule has 7 nitrogen and oxygen atoms in total. The fourth-order valence-corrected chi connectivity index (χ4v) is 5.26. The van der Waals surface area contributed by atoms with Gasteiger partial charge in [0.1, 0.15) is 5.75 Å². The summed E-state index contributed by atoms with van der Waals surface area (Å²) in [6.07, 6.45) is 3.59. The first-order valence-electron chi connectivity index (χ1n) is 11.3. The minimum absolute atomic E-state index is 0.0422. The summed E-state index contributed by atoms with van der Waals surface area (Å²) in [5.41, 5.74) is 2.52. The molecule has 3 aromatic carbocycles. The third kappa shape index (κ3) is 5.17. The fraction of sp³-hybridized carbons (Fsp3) is 0.269. The molecule has 0 bridgehead atoms. The van der Waals surface area contributed by atoms with E-state index in [1.807, 2.05) is 24.3 Å². The third-order valence-corrected chi connectivity index (χ3v) is 7.80. The second kappa shape index (κ2) is 10.2. The van der Waals surface area contributed by atoms with Crippen LogP contribution in [0.15, 0.2) is 77.7 Å². The van der Waals surface area contributed by atoms with Gasteiger partial charge in [-0.3, -0.25) is 9.10 Å².